The van der Waals surface area contributed by atoms with Crippen molar-refractivity contribution in [1.82, 2.24) is 10.6 Å². The number of nitrogens with one attached hydrogen (secondary N) is 2. The van der Waals surface area contributed by atoms with Gasteiger partial charge in [-0.3, -0.25) is 0 Å². The van der Waals surface area contributed by atoms with Crippen molar-refractivity contribution in [3.8, 4) is 0 Å². The summed E-state index contributed by atoms with van der Waals surface area (Å²) in [5.41, 5.74) is 2.78. The van der Waals surface area contributed by atoms with E-state index in [9.17, 15) is 9.90 Å². The minimum Gasteiger partial charge on any atom is -0.396 e. The lowest BCUT2D eigenvalue weighted by Crippen LogP contribution is -2.50. The van der Waals surface area contributed by atoms with Crippen LogP contribution in [-0.4, -0.2) is 30.3 Å². The molecule has 3 N–H and O–H groups in total. The van der Waals surface area contributed by atoms with E-state index in [1.165, 1.54) is 30.4 Å². The maximum atomic E-state index is 12.2. The van der Waals surface area contributed by atoms with Gasteiger partial charge in [-0.15, -0.1) is 0 Å². The summed E-state index contributed by atoms with van der Waals surface area (Å²) in [7, 11) is 0. The van der Waals surface area contributed by atoms with Crippen molar-refractivity contribution in [1.29, 1.82) is 0 Å². The minimum absolute atomic E-state index is 0.0691. The summed E-state index contributed by atoms with van der Waals surface area (Å²) >= 11 is 0. The SMILES string of the molecule is O=C(NCC1Cc2ccccc21)NC1C2CCC(C2)C1CO. The predicted octanol–water partition coefficient (Wildman–Crippen LogP) is 2.03. The van der Waals surface area contributed by atoms with Gasteiger partial charge in [0.05, 0.1) is 0 Å². The highest BCUT2D eigenvalue weighted by atomic mass is 16.3. The fourth-order valence-corrected chi connectivity index (χ4v) is 4.86. The van der Waals surface area contributed by atoms with Crippen molar-refractivity contribution in [3.05, 3.63) is 35.4 Å². The molecule has 2 bridgehead atoms. The molecule has 3 aliphatic carbocycles. The normalized spacial score (nSPS) is 34.9. The third-order valence-electron chi connectivity index (χ3n) is 6.07. The zero-order valence-electron chi connectivity index (χ0n) is 12.8. The summed E-state index contributed by atoms with van der Waals surface area (Å²) in [6.45, 7) is 0.898. The second kappa shape index (κ2) is 5.58. The van der Waals surface area contributed by atoms with E-state index in [0.29, 0.717) is 24.3 Å². The van der Waals surface area contributed by atoms with Crippen LogP contribution >= 0.6 is 0 Å². The summed E-state index contributed by atoms with van der Waals surface area (Å²) in [6, 6.07) is 8.54. The molecule has 2 saturated carbocycles. The second-order valence-corrected chi connectivity index (χ2v) is 7.16. The Morgan fingerprint density at radius 2 is 2.05 bits per heavy atom. The molecule has 5 atom stereocenters. The van der Waals surface area contributed by atoms with Crippen LogP contribution in [0.5, 0.6) is 0 Å². The van der Waals surface area contributed by atoms with E-state index in [4.69, 9.17) is 0 Å². The van der Waals surface area contributed by atoms with Crippen molar-refractivity contribution in [2.75, 3.05) is 13.2 Å². The van der Waals surface area contributed by atoms with Crippen LogP contribution in [0.1, 0.15) is 36.3 Å². The average Bonchev–Trinajstić information content (AvgIpc) is 3.09. The van der Waals surface area contributed by atoms with Crippen LogP contribution in [0.3, 0.4) is 0 Å². The predicted molar refractivity (Wildman–Crippen MR) is 84.6 cm³/mol. The monoisotopic (exact) mass is 300 g/mol. The van der Waals surface area contributed by atoms with E-state index < -0.39 is 0 Å². The quantitative estimate of drug-likeness (QED) is 0.797. The van der Waals surface area contributed by atoms with Gasteiger partial charge in [-0.05, 0) is 48.6 Å². The van der Waals surface area contributed by atoms with E-state index in [1.807, 2.05) is 0 Å². The van der Waals surface area contributed by atoms with Crippen molar-refractivity contribution in [2.24, 2.45) is 17.8 Å². The molecule has 4 heteroatoms. The van der Waals surface area contributed by atoms with Crippen molar-refractivity contribution < 1.29 is 9.90 Å². The molecule has 2 fully saturated rings. The third kappa shape index (κ3) is 2.30. The fourth-order valence-electron chi connectivity index (χ4n) is 4.86. The number of carbonyl (C=O) groups is 1. The van der Waals surface area contributed by atoms with Gasteiger partial charge < -0.3 is 15.7 Å². The number of rotatable bonds is 4. The number of amides is 2. The van der Waals surface area contributed by atoms with Crippen molar-refractivity contribution >= 4 is 6.03 Å². The average molecular weight is 300 g/mol. The van der Waals surface area contributed by atoms with Gasteiger partial charge in [0.25, 0.3) is 0 Å². The molecule has 3 aliphatic rings. The van der Waals surface area contributed by atoms with Crippen molar-refractivity contribution in [2.45, 2.75) is 37.6 Å². The maximum Gasteiger partial charge on any atom is 0.315 e. The van der Waals surface area contributed by atoms with Crippen LogP contribution < -0.4 is 10.6 Å². The molecule has 1 aromatic carbocycles. The zero-order chi connectivity index (χ0) is 15.1. The number of aliphatic hydroxyl groups excluding tert-OH is 1. The number of fused-ring (bicyclic) bond motifs is 3. The number of hydrogen-bond donors (Lipinski definition) is 3. The largest absolute Gasteiger partial charge is 0.396 e. The van der Waals surface area contributed by atoms with Crippen LogP contribution in [0.15, 0.2) is 24.3 Å². The van der Waals surface area contributed by atoms with Crippen LogP contribution in [0.2, 0.25) is 0 Å². The molecule has 0 aromatic heterocycles. The number of urea groups is 1. The second-order valence-electron chi connectivity index (χ2n) is 7.16. The maximum absolute atomic E-state index is 12.2. The Bertz CT molecular complexity index is 574. The summed E-state index contributed by atoms with van der Waals surface area (Å²) in [5, 5.41) is 15.7. The number of benzene rings is 1. The van der Waals surface area contributed by atoms with Crippen LogP contribution in [0, 0.1) is 17.8 Å². The lowest BCUT2D eigenvalue weighted by molar-refractivity contribution is 0.144. The first-order valence-electron chi connectivity index (χ1n) is 8.49. The highest BCUT2D eigenvalue weighted by Gasteiger charge is 2.47. The molecule has 5 unspecified atom stereocenters. The van der Waals surface area contributed by atoms with Crippen molar-refractivity contribution in [3.63, 3.8) is 0 Å². The molecule has 0 spiro atoms. The number of aliphatic hydroxyl groups is 1. The van der Waals surface area contributed by atoms with E-state index in [0.717, 1.165) is 6.42 Å². The molecule has 0 radical (unpaired) electrons. The van der Waals surface area contributed by atoms with E-state index in [1.54, 1.807) is 0 Å². The molecule has 4 rings (SSSR count). The van der Waals surface area contributed by atoms with E-state index >= 15 is 0 Å². The molecule has 22 heavy (non-hydrogen) atoms. The Labute approximate surface area is 131 Å². The molecule has 118 valence electrons. The Morgan fingerprint density at radius 3 is 2.86 bits per heavy atom. The molecule has 1 aromatic rings. The van der Waals surface area contributed by atoms with Crippen LogP contribution in [-0.2, 0) is 6.42 Å². The van der Waals surface area contributed by atoms with Gasteiger partial charge in [0, 0.05) is 31.0 Å². The van der Waals surface area contributed by atoms with Gasteiger partial charge in [-0.25, -0.2) is 4.79 Å². The van der Waals surface area contributed by atoms with Gasteiger partial charge in [-0.2, -0.15) is 0 Å². The highest BCUT2D eigenvalue weighted by molar-refractivity contribution is 5.74. The highest BCUT2D eigenvalue weighted by Crippen LogP contribution is 2.48. The Morgan fingerprint density at radius 1 is 1.23 bits per heavy atom. The zero-order valence-corrected chi connectivity index (χ0v) is 12.8. The van der Waals surface area contributed by atoms with E-state index in [2.05, 4.69) is 34.9 Å². The van der Waals surface area contributed by atoms with E-state index in [-0.39, 0.29) is 24.6 Å². The standard InChI is InChI=1S/C18H24N2O2/c21-10-16-12-5-6-13(7-12)17(16)20-18(22)19-9-14-8-11-3-1-2-4-15(11)14/h1-4,12-14,16-17,21H,5-10H2,(H2,19,20,22). The topological polar surface area (TPSA) is 61.4 Å². The minimum atomic E-state index is -0.0691. The van der Waals surface area contributed by atoms with Crippen LogP contribution in [0.4, 0.5) is 4.79 Å². The number of hydrogen-bond acceptors (Lipinski definition) is 2. The summed E-state index contributed by atoms with van der Waals surface area (Å²) < 4.78 is 0. The summed E-state index contributed by atoms with van der Waals surface area (Å²) in [5.74, 6) is 1.89. The van der Waals surface area contributed by atoms with Gasteiger partial charge in [-0.1, -0.05) is 24.3 Å². The third-order valence-corrected chi connectivity index (χ3v) is 6.07. The van der Waals surface area contributed by atoms with Gasteiger partial charge >= 0.3 is 6.03 Å². The van der Waals surface area contributed by atoms with Crippen LogP contribution in [0.25, 0.3) is 0 Å². The van der Waals surface area contributed by atoms with Gasteiger partial charge in [0.2, 0.25) is 0 Å². The first kappa shape index (κ1) is 14.1. The molecule has 0 heterocycles. The first-order chi connectivity index (χ1) is 10.8. The molecule has 0 saturated heterocycles. The Hall–Kier alpha value is -1.55. The Kier molecular flexibility index (Phi) is 3.57. The molecular formula is C18H24N2O2. The first-order valence-corrected chi connectivity index (χ1v) is 8.49. The molecule has 0 aliphatic heterocycles. The lowest BCUT2D eigenvalue weighted by Gasteiger charge is -2.32. The summed E-state index contributed by atoms with van der Waals surface area (Å²) in [6.07, 6.45) is 4.65. The summed E-state index contributed by atoms with van der Waals surface area (Å²) in [4.78, 5) is 12.2. The molecule has 2 amide bonds. The fraction of sp³-hybridized carbons (Fsp3) is 0.611. The van der Waals surface area contributed by atoms with Gasteiger partial charge in [0.1, 0.15) is 0 Å². The smallest absolute Gasteiger partial charge is 0.315 e. The number of carbonyl (C=O) groups excluding carboxylic acids is 1. The molecular weight excluding hydrogens is 276 g/mol. The Balaban J connectivity index is 1.29. The lowest BCUT2D eigenvalue weighted by atomic mass is 9.78. The molecule has 4 nitrogen and oxygen atoms in total. The van der Waals surface area contributed by atoms with Gasteiger partial charge in [0.15, 0.2) is 0 Å².